The normalized spacial score (nSPS) is 16.0. The number of hydrogen-bond acceptors (Lipinski definition) is 3. The number of benzene rings is 1. The maximum atomic E-state index is 13.8. The van der Waals surface area contributed by atoms with Crippen LogP contribution in [0.1, 0.15) is 35.1 Å². The second-order valence-corrected chi connectivity index (χ2v) is 6.23. The Morgan fingerprint density at radius 2 is 1.70 bits per heavy atom. The number of piperidine rings is 1. The molecule has 146 valence electrons. The van der Waals surface area contributed by atoms with Gasteiger partial charge in [-0.3, -0.25) is 9.36 Å². The fraction of sp³-hybridized carbons (Fsp3) is 0.438. The van der Waals surface area contributed by atoms with E-state index in [1.54, 1.807) is 0 Å². The first-order valence-corrected chi connectivity index (χ1v) is 8.07. The van der Waals surface area contributed by atoms with Gasteiger partial charge in [-0.05, 0) is 25.0 Å². The Bertz CT molecular complexity index is 906. The first kappa shape index (κ1) is 19.1. The molecule has 1 aliphatic rings. The van der Waals surface area contributed by atoms with Crippen LogP contribution in [0.25, 0.3) is 0 Å². The molecule has 1 aromatic heterocycles. The zero-order chi connectivity index (χ0) is 19.9. The predicted molar refractivity (Wildman–Crippen MR) is 83.0 cm³/mol. The molecule has 0 unspecified atom stereocenters. The predicted octanol–water partition coefficient (Wildman–Crippen LogP) is 2.36. The number of aromatic nitrogens is 3. The average molecular weight is 390 g/mol. The van der Waals surface area contributed by atoms with Gasteiger partial charge in [0.2, 0.25) is 5.82 Å². The van der Waals surface area contributed by atoms with E-state index in [4.69, 9.17) is 0 Å². The van der Waals surface area contributed by atoms with Gasteiger partial charge in [0.05, 0.1) is 6.04 Å². The lowest BCUT2D eigenvalue weighted by Gasteiger charge is -2.31. The summed E-state index contributed by atoms with van der Waals surface area (Å²) in [5, 5.41) is 3.38. The van der Waals surface area contributed by atoms with Gasteiger partial charge in [-0.15, -0.1) is 5.10 Å². The second kappa shape index (κ2) is 6.78. The third-order valence-electron chi connectivity index (χ3n) is 4.53. The van der Waals surface area contributed by atoms with Gasteiger partial charge in [0, 0.05) is 20.1 Å². The summed E-state index contributed by atoms with van der Waals surface area (Å²) in [6.45, 7) is 0.0588. The third-order valence-corrected chi connectivity index (χ3v) is 4.53. The highest BCUT2D eigenvalue weighted by Gasteiger charge is 2.39. The van der Waals surface area contributed by atoms with Crippen LogP contribution in [-0.2, 0) is 13.2 Å². The van der Waals surface area contributed by atoms with Gasteiger partial charge in [0.25, 0.3) is 5.91 Å². The number of amides is 1. The van der Waals surface area contributed by atoms with Crippen LogP contribution in [0.5, 0.6) is 0 Å². The van der Waals surface area contributed by atoms with Crippen LogP contribution in [0.2, 0.25) is 0 Å². The van der Waals surface area contributed by atoms with Gasteiger partial charge in [-0.2, -0.15) is 13.2 Å². The number of rotatable bonds is 2. The maximum absolute atomic E-state index is 13.8. The van der Waals surface area contributed by atoms with E-state index in [9.17, 15) is 31.5 Å². The standard InChI is InChI=1S/C16H15F5N4O2/c1-23-14(16(19,20)21)22-25(15(23)27)9-5-7-24(8-6-9)13(26)12-10(17)3-2-4-11(12)18/h2-4,9H,5-8H2,1H3. The lowest BCUT2D eigenvalue weighted by atomic mass is 10.0. The minimum Gasteiger partial charge on any atom is -0.338 e. The zero-order valence-electron chi connectivity index (χ0n) is 14.1. The molecular weight excluding hydrogens is 375 g/mol. The fourth-order valence-electron chi connectivity index (χ4n) is 3.11. The summed E-state index contributed by atoms with van der Waals surface area (Å²) in [5.41, 5.74) is -1.59. The molecule has 6 nitrogen and oxygen atoms in total. The van der Waals surface area contributed by atoms with E-state index in [1.165, 1.54) is 4.90 Å². The Hall–Kier alpha value is -2.72. The molecule has 0 saturated carbocycles. The number of hydrogen-bond donors (Lipinski definition) is 0. The Labute approximate surface area is 149 Å². The lowest BCUT2D eigenvalue weighted by molar-refractivity contribution is -0.147. The highest BCUT2D eigenvalue weighted by Crippen LogP contribution is 2.28. The minimum absolute atomic E-state index is 0.0294. The Kier molecular flexibility index (Phi) is 4.79. The van der Waals surface area contributed by atoms with E-state index in [0.29, 0.717) is 4.57 Å². The minimum atomic E-state index is -4.77. The van der Waals surface area contributed by atoms with E-state index in [2.05, 4.69) is 5.10 Å². The molecule has 0 spiro atoms. The SMILES string of the molecule is Cn1c(C(F)(F)F)nn(C2CCN(C(=O)c3c(F)cccc3F)CC2)c1=O. The van der Waals surface area contributed by atoms with Gasteiger partial charge in [0.15, 0.2) is 0 Å². The van der Waals surface area contributed by atoms with Crippen LogP contribution in [-0.4, -0.2) is 38.2 Å². The number of nitrogens with zero attached hydrogens (tertiary/aromatic N) is 4. The molecule has 0 radical (unpaired) electrons. The summed E-state index contributed by atoms with van der Waals surface area (Å²) < 4.78 is 67.3. The lowest BCUT2D eigenvalue weighted by Crippen LogP contribution is -2.41. The van der Waals surface area contributed by atoms with Crippen molar-refractivity contribution in [1.29, 1.82) is 0 Å². The number of alkyl halides is 3. The first-order chi connectivity index (χ1) is 12.6. The van der Waals surface area contributed by atoms with Crippen molar-refractivity contribution in [3.63, 3.8) is 0 Å². The molecule has 11 heteroatoms. The van der Waals surface area contributed by atoms with Crippen LogP contribution in [0.15, 0.2) is 23.0 Å². The molecule has 0 N–H and O–H groups in total. The number of halogens is 5. The van der Waals surface area contributed by atoms with Crippen LogP contribution in [0.3, 0.4) is 0 Å². The molecule has 0 aliphatic carbocycles. The molecule has 3 rings (SSSR count). The van der Waals surface area contributed by atoms with Crippen LogP contribution >= 0.6 is 0 Å². The molecule has 0 bridgehead atoms. The van der Waals surface area contributed by atoms with E-state index >= 15 is 0 Å². The molecular formula is C16H15F5N4O2. The summed E-state index contributed by atoms with van der Waals surface area (Å²) in [6, 6.07) is 2.43. The summed E-state index contributed by atoms with van der Waals surface area (Å²) >= 11 is 0. The second-order valence-electron chi connectivity index (χ2n) is 6.23. The van der Waals surface area contributed by atoms with Gasteiger partial charge in [0.1, 0.15) is 17.2 Å². The number of carbonyl (C=O) groups excluding carboxylic acids is 1. The van der Waals surface area contributed by atoms with Crippen molar-refractivity contribution in [1.82, 2.24) is 19.2 Å². The summed E-state index contributed by atoms with van der Waals surface area (Å²) in [6.07, 6.45) is -4.50. The van der Waals surface area contributed by atoms with Crippen molar-refractivity contribution >= 4 is 5.91 Å². The van der Waals surface area contributed by atoms with Crippen molar-refractivity contribution in [3.8, 4) is 0 Å². The van der Waals surface area contributed by atoms with E-state index in [-0.39, 0.29) is 25.9 Å². The van der Waals surface area contributed by atoms with Crippen molar-refractivity contribution < 1.29 is 26.7 Å². The largest absolute Gasteiger partial charge is 0.451 e. The Morgan fingerprint density at radius 3 is 2.19 bits per heavy atom. The monoisotopic (exact) mass is 390 g/mol. The topological polar surface area (TPSA) is 60.1 Å². The van der Waals surface area contributed by atoms with Crippen LogP contribution < -0.4 is 5.69 Å². The molecule has 1 fully saturated rings. The molecule has 2 heterocycles. The number of likely N-dealkylation sites (tertiary alicyclic amines) is 1. The zero-order valence-corrected chi connectivity index (χ0v) is 14.1. The molecule has 1 saturated heterocycles. The van der Waals surface area contributed by atoms with Crippen molar-refractivity contribution in [2.45, 2.75) is 25.1 Å². The van der Waals surface area contributed by atoms with Gasteiger partial charge in [-0.1, -0.05) is 6.07 Å². The van der Waals surface area contributed by atoms with Gasteiger partial charge in [-0.25, -0.2) is 18.3 Å². The van der Waals surface area contributed by atoms with Crippen molar-refractivity contribution in [2.24, 2.45) is 7.05 Å². The van der Waals surface area contributed by atoms with Crippen molar-refractivity contribution in [3.05, 3.63) is 51.7 Å². The molecule has 1 aromatic carbocycles. The van der Waals surface area contributed by atoms with Crippen LogP contribution in [0, 0.1) is 11.6 Å². The molecule has 1 amide bonds. The van der Waals surface area contributed by atoms with E-state index in [0.717, 1.165) is 29.9 Å². The molecule has 0 atom stereocenters. The van der Waals surface area contributed by atoms with Crippen LogP contribution in [0.4, 0.5) is 22.0 Å². The van der Waals surface area contributed by atoms with E-state index in [1.807, 2.05) is 0 Å². The highest BCUT2D eigenvalue weighted by molar-refractivity contribution is 5.94. The van der Waals surface area contributed by atoms with E-state index < -0.39 is 46.8 Å². The van der Waals surface area contributed by atoms with Crippen molar-refractivity contribution in [2.75, 3.05) is 13.1 Å². The quantitative estimate of drug-likeness (QED) is 0.740. The highest BCUT2D eigenvalue weighted by atomic mass is 19.4. The Balaban J connectivity index is 1.77. The first-order valence-electron chi connectivity index (χ1n) is 8.07. The molecule has 1 aliphatic heterocycles. The average Bonchev–Trinajstić information content (AvgIpc) is 2.90. The number of carbonyl (C=O) groups is 1. The van der Waals surface area contributed by atoms with Gasteiger partial charge >= 0.3 is 11.9 Å². The summed E-state index contributed by atoms with van der Waals surface area (Å²) in [4.78, 5) is 25.6. The smallest absolute Gasteiger partial charge is 0.338 e. The summed E-state index contributed by atoms with van der Waals surface area (Å²) in [7, 11) is 0.980. The summed E-state index contributed by atoms with van der Waals surface area (Å²) in [5.74, 6) is -4.12. The Morgan fingerprint density at radius 1 is 1.15 bits per heavy atom. The molecule has 27 heavy (non-hydrogen) atoms. The fourth-order valence-corrected chi connectivity index (χ4v) is 3.11. The molecule has 2 aromatic rings. The van der Waals surface area contributed by atoms with Gasteiger partial charge < -0.3 is 4.90 Å². The third kappa shape index (κ3) is 3.45. The maximum Gasteiger partial charge on any atom is 0.451 e.